The van der Waals surface area contributed by atoms with E-state index in [4.69, 9.17) is 4.42 Å². The number of furan rings is 1. The minimum Gasteiger partial charge on any atom is -0.452 e. The van der Waals surface area contributed by atoms with Gasteiger partial charge in [0.1, 0.15) is 5.76 Å². The second-order valence-corrected chi connectivity index (χ2v) is 5.39. The van der Waals surface area contributed by atoms with Gasteiger partial charge in [0, 0.05) is 0 Å². The van der Waals surface area contributed by atoms with Crippen LogP contribution in [-0.2, 0) is 12.8 Å². The summed E-state index contributed by atoms with van der Waals surface area (Å²) in [7, 11) is 1.97. The fraction of sp³-hybridized carbons (Fsp3) is 0.375. The highest BCUT2D eigenvalue weighted by Gasteiger charge is 2.18. The van der Waals surface area contributed by atoms with E-state index >= 15 is 0 Å². The van der Waals surface area contributed by atoms with Crippen molar-refractivity contribution in [2.45, 2.75) is 32.7 Å². The van der Waals surface area contributed by atoms with Crippen molar-refractivity contribution < 1.29 is 4.42 Å². The van der Waals surface area contributed by atoms with Crippen LogP contribution in [0.4, 0.5) is 0 Å². The van der Waals surface area contributed by atoms with E-state index in [0.29, 0.717) is 0 Å². The maximum Gasteiger partial charge on any atom is 0.169 e. The molecule has 102 valence electrons. The summed E-state index contributed by atoms with van der Waals surface area (Å²) in [5, 5.41) is 3.36. The van der Waals surface area contributed by atoms with Crippen LogP contribution in [0.25, 0.3) is 0 Å². The van der Waals surface area contributed by atoms with Gasteiger partial charge in [-0.15, -0.1) is 0 Å². The van der Waals surface area contributed by atoms with Gasteiger partial charge in [0.2, 0.25) is 0 Å². The second-order valence-electron chi connectivity index (χ2n) is 4.60. The predicted molar refractivity (Wildman–Crippen MR) is 82.5 cm³/mol. The summed E-state index contributed by atoms with van der Waals surface area (Å²) >= 11 is 3.37. The summed E-state index contributed by atoms with van der Waals surface area (Å²) in [6.45, 7) is 4.37. The lowest BCUT2D eigenvalue weighted by atomic mass is 9.94. The lowest BCUT2D eigenvalue weighted by Gasteiger charge is -2.19. The summed E-state index contributed by atoms with van der Waals surface area (Å²) in [5.41, 5.74) is 4.04. The van der Waals surface area contributed by atoms with Crippen LogP contribution in [-0.4, -0.2) is 7.05 Å². The summed E-state index contributed by atoms with van der Waals surface area (Å²) < 4.78 is 6.49. The first-order valence-corrected chi connectivity index (χ1v) is 7.53. The number of rotatable bonds is 5. The molecule has 2 nitrogen and oxygen atoms in total. The molecular formula is C16H20BrNO. The quantitative estimate of drug-likeness (QED) is 0.878. The van der Waals surface area contributed by atoms with Gasteiger partial charge in [-0.05, 0) is 64.6 Å². The van der Waals surface area contributed by atoms with Crippen molar-refractivity contribution in [3.63, 3.8) is 0 Å². The van der Waals surface area contributed by atoms with Gasteiger partial charge in [0.15, 0.2) is 4.67 Å². The topological polar surface area (TPSA) is 25.2 Å². The molecule has 1 atom stereocenters. The molecule has 0 amide bonds. The third kappa shape index (κ3) is 3.10. The Morgan fingerprint density at radius 1 is 1.16 bits per heavy atom. The summed E-state index contributed by atoms with van der Waals surface area (Å²) in [6.07, 6.45) is 2.08. The number of halogens is 1. The van der Waals surface area contributed by atoms with Crippen molar-refractivity contribution in [3.8, 4) is 0 Å². The Bertz CT molecular complexity index is 547. The lowest BCUT2D eigenvalue weighted by molar-refractivity contribution is 0.446. The van der Waals surface area contributed by atoms with Crippen molar-refractivity contribution in [2.75, 3.05) is 7.05 Å². The van der Waals surface area contributed by atoms with Crippen molar-refractivity contribution in [1.29, 1.82) is 0 Å². The number of nitrogens with one attached hydrogen (secondary N) is 1. The Balaban J connectivity index is 2.47. The summed E-state index contributed by atoms with van der Waals surface area (Å²) in [6, 6.07) is 10.8. The van der Waals surface area contributed by atoms with E-state index in [-0.39, 0.29) is 6.04 Å². The third-order valence-corrected chi connectivity index (χ3v) is 3.90. The third-order valence-electron chi connectivity index (χ3n) is 3.48. The number of aryl methyl sites for hydroxylation is 2. The fourth-order valence-corrected chi connectivity index (χ4v) is 2.71. The average Bonchev–Trinajstić information content (AvgIpc) is 2.86. The molecular weight excluding hydrogens is 302 g/mol. The molecule has 0 bridgehead atoms. The Hall–Kier alpha value is -1.06. The molecule has 3 heteroatoms. The van der Waals surface area contributed by atoms with E-state index in [1.54, 1.807) is 0 Å². The van der Waals surface area contributed by atoms with Crippen molar-refractivity contribution in [2.24, 2.45) is 0 Å². The van der Waals surface area contributed by atoms with Gasteiger partial charge in [-0.25, -0.2) is 0 Å². The minimum absolute atomic E-state index is 0.104. The van der Waals surface area contributed by atoms with Gasteiger partial charge in [-0.2, -0.15) is 0 Å². The fourth-order valence-electron chi connectivity index (χ4n) is 2.39. The molecule has 0 aliphatic heterocycles. The molecule has 1 unspecified atom stereocenters. The predicted octanol–water partition coefficient (Wildman–Crippen LogP) is 4.48. The van der Waals surface area contributed by atoms with Crippen molar-refractivity contribution in [3.05, 3.63) is 57.5 Å². The molecule has 0 radical (unpaired) electrons. The first-order chi connectivity index (χ1) is 9.19. The Kier molecular flexibility index (Phi) is 4.83. The van der Waals surface area contributed by atoms with Gasteiger partial charge in [-0.1, -0.05) is 32.0 Å². The Morgan fingerprint density at radius 3 is 2.47 bits per heavy atom. The molecule has 0 saturated heterocycles. The van der Waals surface area contributed by atoms with E-state index in [0.717, 1.165) is 23.3 Å². The first-order valence-electron chi connectivity index (χ1n) is 6.73. The highest BCUT2D eigenvalue weighted by Crippen LogP contribution is 2.29. The first kappa shape index (κ1) is 14.4. The van der Waals surface area contributed by atoms with Gasteiger partial charge in [0.05, 0.1) is 6.04 Å². The zero-order chi connectivity index (χ0) is 13.8. The molecule has 1 aromatic carbocycles. The molecule has 0 aliphatic carbocycles. The van der Waals surface area contributed by atoms with Crippen LogP contribution in [0.2, 0.25) is 0 Å². The van der Waals surface area contributed by atoms with E-state index in [1.165, 1.54) is 16.7 Å². The van der Waals surface area contributed by atoms with Gasteiger partial charge in [-0.3, -0.25) is 0 Å². The van der Waals surface area contributed by atoms with E-state index in [9.17, 15) is 0 Å². The Morgan fingerprint density at radius 2 is 1.95 bits per heavy atom. The molecule has 0 fully saturated rings. The standard InChI is InChI=1S/C16H20BrNO/c1-4-11-6-7-12(5-2)13(10-11)16(18-3)14-8-9-15(17)19-14/h6-10,16,18H,4-5H2,1-3H3. The smallest absolute Gasteiger partial charge is 0.169 e. The second kappa shape index (κ2) is 6.40. The average molecular weight is 322 g/mol. The normalized spacial score (nSPS) is 12.6. The highest BCUT2D eigenvalue weighted by molar-refractivity contribution is 9.10. The van der Waals surface area contributed by atoms with E-state index in [1.807, 2.05) is 19.2 Å². The molecule has 0 spiro atoms. The van der Waals surface area contributed by atoms with E-state index < -0.39 is 0 Å². The van der Waals surface area contributed by atoms with Crippen LogP contribution in [0, 0.1) is 0 Å². The van der Waals surface area contributed by atoms with Crippen LogP contribution in [0.15, 0.2) is 39.4 Å². The molecule has 1 heterocycles. The lowest BCUT2D eigenvalue weighted by Crippen LogP contribution is -2.19. The number of hydrogen-bond donors (Lipinski definition) is 1. The maximum absolute atomic E-state index is 5.72. The SMILES string of the molecule is CCc1ccc(CC)c(C(NC)c2ccc(Br)o2)c1. The minimum atomic E-state index is 0.104. The zero-order valence-corrected chi connectivity index (χ0v) is 13.3. The van der Waals surface area contributed by atoms with E-state index in [2.05, 4.69) is 53.3 Å². The van der Waals surface area contributed by atoms with Crippen LogP contribution < -0.4 is 5.32 Å². The molecule has 19 heavy (non-hydrogen) atoms. The summed E-state index contributed by atoms with van der Waals surface area (Å²) in [4.78, 5) is 0. The van der Waals surface area contributed by atoms with Gasteiger partial charge in [0.25, 0.3) is 0 Å². The zero-order valence-electron chi connectivity index (χ0n) is 11.7. The van der Waals surface area contributed by atoms with Crippen LogP contribution in [0.5, 0.6) is 0 Å². The summed E-state index contributed by atoms with van der Waals surface area (Å²) in [5.74, 6) is 0.942. The molecule has 2 aromatic rings. The maximum atomic E-state index is 5.72. The molecule has 1 aromatic heterocycles. The number of hydrogen-bond acceptors (Lipinski definition) is 2. The van der Waals surface area contributed by atoms with Gasteiger partial charge >= 0.3 is 0 Å². The van der Waals surface area contributed by atoms with Gasteiger partial charge < -0.3 is 9.73 Å². The number of benzene rings is 1. The monoisotopic (exact) mass is 321 g/mol. The molecule has 0 aliphatic rings. The molecule has 2 rings (SSSR count). The van der Waals surface area contributed by atoms with Crippen molar-refractivity contribution >= 4 is 15.9 Å². The molecule has 0 saturated carbocycles. The largest absolute Gasteiger partial charge is 0.452 e. The van der Waals surface area contributed by atoms with Crippen LogP contribution >= 0.6 is 15.9 Å². The van der Waals surface area contributed by atoms with Crippen LogP contribution in [0.3, 0.4) is 0 Å². The van der Waals surface area contributed by atoms with Crippen molar-refractivity contribution in [1.82, 2.24) is 5.32 Å². The molecule has 1 N–H and O–H groups in total. The highest BCUT2D eigenvalue weighted by atomic mass is 79.9. The Labute approximate surface area is 123 Å². The van der Waals surface area contributed by atoms with Crippen LogP contribution in [0.1, 0.15) is 42.3 Å².